The van der Waals surface area contributed by atoms with Gasteiger partial charge in [-0.1, -0.05) is 31.2 Å². The molecule has 24 heavy (non-hydrogen) atoms. The summed E-state index contributed by atoms with van der Waals surface area (Å²) in [6.07, 6.45) is 4.88. The summed E-state index contributed by atoms with van der Waals surface area (Å²) < 4.78 is 0. The van der Waals surface area contributed by atoms with Crippen molar-refractivity contribution in [2.75, 3.05) is 5.32 Å². The van der Waals surface area contributed by atoms with E-state index in [0.29, 0.717) is 5.56 Å². The van der Waals surface area contributed by atoms with E-state index >= 15 is 0 Å². The molecule has 122 valence electrons. The molecule has 0 aliphatic carbocycles. The van der Waals surface area contributed by atoms with Crippen LogP contribution in [0.15, 0.2) is 42.5 Å². The van der Waals surface area contributed by atoms with Gasteiger partial charge in [-0.25, -0.2) is 0 Å². The maximum Gasteiger partial charge on any atom is 0.255 e. The van der Waals surface area contributed by atoms with Gasteiger partial charge < -0.3 is 5.32 Å². The molecule has 0 atom stereocenters. The van der Waals surface area contributed by atoms with E-state index in [-0.39, 0.29) is 5.91 Å². The molecule has 1 heterocycles. The van der Waals surface area contributed by atoms with Crippen molar-refractivity contribution in [3.8, 4) is 0 Å². The van der Waals surface area contributed by atoms with Gasteiger partial charge in [0.1, 0.15) is 0 Å². The van der Waals surface area contributed by atoms with Crippen molar-refractivity contribution in [2.45, 2.75) is 27.2 Å². The first-order valence-electron chi connectivity index (χ1n) is 8.14. The summed E-state index contributed by atoms with van der Waals surface area (Å²) >= 11 is 0. The van der Waals surface area contributed by atoms with Crippen molar-refractivity contribution in [2.24, 2.45) is 0 Å². The van der Waals surface area contributed by atoms with E-state index in [1.807, 2.05) is 62.4 Å². The van der Waals surface area contributed by atoms with Gasteiger partial charge in [0, 0.05) is 22.3 Å². The average Bonchev–Trinajstić information content (AvgIpc) is 2.97. The van der Waals surface area contributed by atoms with Gasteiger partial charge in [-0.15, -0.1) is 0 Å². The molecule has 0 unspecified atom stereocenters. The average molecular weight is 319 g/mol. The van der Waals surface area contributed by atoms with Gasteiger partial charge in [0.2, 0.25) is 0 Å². The van der Waals surface area contributed by atoms with Crippen LogP contribution < -0.4 is 5.32 Å². The highest BCUT2D eigenvalue weighted by molar-refractivity contribution is 6.06. The summed E-state index contributed by atoms with van der Waals surface area (Å²) in [5, 5.41) is 11.3. The fraction of sp³-hybridized carbons (Fsp3) is 0.200. The Balaban J connectivity index is 1.86. The number of anilines is 1. The Morgan fingerprint density at radius 1 is 1.25 bits per heavy atom. The highest BCUT2D eigenvalue weighted by atomic mass is 16.1. The smallest absolute Gasteiger partial charge is 0.255 e. The number of carbonyl (C=O) groups excluding carboxylic acids is 1. The molecule has 2 aromatic carbocycles. The molecule has 0 spiro atoms. The largest absolute Gasteiger partial charge is 0.322 e. The van der Waals surface area contributed by atoms with Crippen LogP contribution >= 0.6 is 0 Å². The van der Waals surface area contributed by atoms with Gasteiger partial charge >= 0.3 is 0 Å². The molecule has 3 rings (SSSR count). The van der Waals surface area contributed by atoms with E-state index in [1.54, 1.807) is 0 Å². The molecule has 0 aliphatic heterocycles. The highest BCUT2D eigenvalue weighted by Gasteiger charge is 2.11. The van der Waals surface area contributed by atoms with Crippen molar-refractivity contribution in [3.05, 3.63) is 64.9 Å². The summed E-state index contributed by atoms with van der Waals surface area (Å²) in [5.41, 5.74) is 5.51. The summed E-state index contributed by atoms with van der Waals surface area (Å²) in [4.78, 5) is 12.6. The number of fused-ring (bicyclic) bond motifs is 1. The van der Waals surface area contributed by atoms with Gasteiger partial charge in [0.15, 0.2) is 0 Å². The molecule has 2 N–H and O–H groups in total. The molecule has 1 amide bonds. The monoisotopic (exact) mass is 319 g/mol. The lowest BCUT2D eigenvalue weighted by Gasteiger charge is -2.09. The van der Waals surface area contributed by atoms with Gasteiger partial charge in [-0.05, 0) is 55.7 Å². The zero-order valence-corrected chi connectivity index (χ0v) is 14.2. The summed E-state index contributed by atoms with van der Waals surface area (Å²) in [6.45, 7) is 6.01. The van der Waals surface area contributed by atoms with E-state index in [4.69, 9.17) is 0 Å². The minimum Gasteiger partial charge on any atom is -0.322 e. The van der Waals surface area contributed by atoms with E-state index in [2.05, 4.69) is 22.4 Å². The molecule has 0 fully saturated rings. The lowest BCUT2D eigenvalue weighted by molar-refractivity contribution is 0.102. The maximum atomic E-state index is 12.6. The molecular weight excluding hydrogens is 298 g/mol. The van der Waals surface area contributed by atoms with Gasteiger partial charge in [0.25, 0.3) is 5.91 Å². The van der Waals surface area contributed by atoms with Gasteiger partial charge in [-0.3, -0.25) is 9.89 Å². The first-order chi connectivity index (χ1) is 11.6. The third-order valence-corrected chi connectivity index (χ3v) is 4.10. The quantitative estimate of drug-likeness (QED) is 0.731. The van der Waals surface area contributed by atoms with Gasteiger partial charge in [0.05, 0.1) is 5.52 Å². The van der Waals surface area contributed by atoms with Crippen LogP contribution in [-0.2, 0) is 6.42 Å². The second-order valence-electron chi connectivity index (χ2n) is 5.82. The minimum absolute atomic E-state index is 0.0968. The second kappa shape index (κ2) is 6.71. The number of aromatic amines is 1. The van der Waals surface area contributed by atoms with Crippen LogP contribution in [0.3, 0.4) is 0 Å². The third kappa shape index (κ3) is 3.08. The lowest BCUT2D eigenvalue weighted by atomic mass is 10.0. The van der Waals surface area contributed by atoms with Crippen molar-refractivity contribution in [1.29, 1.82) is 0 Å². The number of aryl methyl sites for hydroxylation is 2. The fourth-order valence-electron chi connectivity index (χ4n) is 2.85. The Labute approximate surface area is 141 Å². The third-order valence-electron chi connectivity index (χ3n) is 4.10. The van der Waals surface area contributed by atoms with Crippen LogP contribution in [0.2, 0.25) is 0 Å². The Morgan fingerprint density at radius 2 is 2.08 bits per heavy atom. The summed E-state index contributed by atoms with van der Waals surface area (Å²) in [5.74, 6) is -0.0968. The van der Waals surface area contributed by atoms with Gasteiger partial charge in [-0.2, -0.15) is 5.10 Å². The Kier molecular flexibility index (Phi) is 4.47. The Hall–Kier alpha value is -2.88. The number of benzene rings is 2. The number of amides is 1. The molecular formula is C20H21N3O. The van der Waals surface area contributed by atoms with E-state index in [9.17, 15) is 4.79 Å². The van der Waals surface area contributed by atoms with E-state index in [0.717, 1.165) is 39.8 Å². The standard InChI is InChI=1S/C20H21N3O/c1-4-6-14-7-9-16(13(3)11-14)20(24)21-15-8-10-19-17(12-15)18(5-2)22-23-19/h4,6-12H,5H2,1-3H3,(H,21,24)(H,22,23)/b6-4+. The number of carbonyl (C=O) groups is 1. The molecule has 4 nitrogen and oxygen atoms in total. The van der Waals surface area contributed by atoms with Crippen LogP contribution in [0.5, 0.6) is 0 Å². The molecule has 0 aliphatic rings. The van der Waals surface area contributed by atoms with Crippen LogP contribution in [0.4, 0.5) is 5.69 Å². The molecule has 3 aromatic rings. The van der Waals surface area contributed by atoms with Crippen LogP contribution in [0, 0.1) is 6.92 Å². The van der Waals surface area contributed by atoms with Crippen molar-refractivity contribution >= 4 is 28.6 Å². The number of hydrogen-bond donors (Lipinski definition) is 2. The Morgan fingerprint density at radius 3 is 2.79 bits per heavy atom. The number of rotatable bonds is 4. The summed E-state index contributed by atoms with van der Waals surface area (Å²) in [7, 11) is 0. The van der Waals surface area contributed by atoms with E-state index in [1.165, 1.54) is 0 Å². The first-order valence-corrected chi connectivity index (χ1v) is 8.14. The Bertz CT molecular complexity index is 922. The van der Waals surface area contributed by atoms with E-state index < -0.39 is 0 Å². The van der Waals surface area contributed by atoms with Crippen LogP contribution in [0.1, 0.15) is 41.0 Å². The molecule has 0 bridgehead atoms. The number of allylic oxidation sites excluding steroid dienone is 1. The number of H-pyrrole nitrogens is 1. The lowest BCUT2D eigenvalue weighted by Crippen LogP contribution is -2.13. The number of hydrogen-bond acceptors (Lipinski definition) is 2. The van der Waals surface area contributed by atoms with Crippen LogP contribution in [0.25, 0.3) is 17.0 Å². The molecule has 0 saturated heterocycles. The number of nitrogens with zero attached hydrogens (tertiary/aromatic N) is 1. The number of aromatic nitrogens is 2. The predicted molar refractivity (Wildman–Crippen MR) is 99.3 cm³/mol. The minimum atomic E-state index is -0.0968. The number of nitrogens with one attached hydrogen (secondary N) is 2. The molecule has 1 aromatic heterocycles. The zero-order chi connectivity index (χ0) is 17.1. The molecule has 0 saturated carbocycles. The fourth-order valence-corrected chi connectivity index (χ4v) is 2.85. The molecule has 0 radical (unpaired) electrons. The second-order valence-corrected chi connectivity index (χ2v) is 5.82. The van der Waals surface area contributed by atoms with Crippen molar-refractivity contribution < 1.29 is 4.79 Å². The molecule has 4 heteroatoms. The maximum absolute atomic E-state index is 12.6. The predicted octanol–water partition coefficient (Wildman–Crippen LogP) is 4.72. The normalized spacial score (nSPS) is 11.3. The summed E-state index contributed by atoms with van der Waals surface area (Å²) in [6, 6.07) is 11.6. The SMILES string of the molecule is C/C=C/c1ccc(C(=O)Nc2ccc3n[nH]c(CC)c3c2)c(C)c1. The van der Waals surface area contributed by atoms with Crippen molar-refractivity contribution in [1.82, 2.24) is 10.2 Å². The highest BCUT2D eigenvalue weighted by Crippen LogP contribution is 2.22. The zero-order valence-electron chi connectivity index (χ0n) is 14.2. The topological polar surface area (TPSA) is 57.8 Å². The van der Waals surface area contributed by atoms with Crippen LogP contribution in [-0.4, -0.2) is 16.1 Å². The van der Waals surface area contributed by atoms with Crippen molar-refractivity contribution in [3.63, 3.8) is 0 Å². The first kappa shape index (κ1) is 16.0.